The Hall–Kier alpha value is -1.75. The highest BCUT2D eigenvalue weighted by Gasteiger charge is 2.41. The van der Waals surface area contributed by atoms with Crippen LogP contribution in [0.3, 0.4) is 0 Å². The number of nitrogens with zero attached hydrogens (tertiary/aromatic N) is 2. The van der Waals surface area contributed by atoms with Crippen molar-refractivity contribution in [3.8, 4) is 0 Å². The van der Waals surface area contributed by atoms with E-state index >= 15 is 0 Å². The molecular weight excluding hydrogens is 236 g/mol. The normalized spacial score (nSPS) is 16.1. The van der Waals surface area contributed by atoms with E-state index in [4.69, 9.17) is 12.2 Å². The molecule has 0 spiro atoms. The van der Waals surface area contributed by atoms with Crippen LogP contribution in [0.15, 0.2) is 18.2 Å². The molecule has 17 heavy (non-hydrogen) atoms. The van der Waals surface area contributed by atoms with Gasteiger partial charge in [0.2, 0.25) is 0 Å². The highest BCUT2D eigenvalue weighted by Crippen LogP contribution is 2.28. The van der Waals surface area contributed by atoms with Crippen LogP contribution in [0.4, 0.5) is 5.69 Å². The second-order valence-corrected chi connectivity index (χ2v) is 4.39. The zero-order valence-electron chi connectivity index (χ0n) is 9.85. The van der Waals surface area contributed by atoms with Crippen LogP contribution in [0.2, 0.25) is 0 Å². The molecule has 1 aromatic carbocycles. The third kappa shape index (κ3) is 1.63. The Labute approximate surface area is 105 Å². The Balaban J connectivity index is 2.59. The van der Waals surface area contributed by atoms with Crippen LogP contribution in [0.5, 0.6) is 0 Å². The Morgan fingerprint density at radius 1 is 1.06 bits per heavy atom. The molecule has 1 aromatic rings. The Morgan fingerprint density at radius 3 is 2.00 bits per heavy atom. The van der Waals surface area contributed by atoms with Crippen LogP contribution in [0.25, 0.3) is 0 Å². The maximum Gasteiger partial charge on any atom is 0.323 e. The monoisotopic (exact) mass is 248 g/mol. The van der Waals surface area contributed by atoms with E-state index in [9.17, 15) is 9.59 Å². The minimum Gasteiger partial charge on any atom is -0.283 e. The Kier molecular flexibility index (Phi) is 2.71. The fourth-order valence-electron chi connectivity index (χ4n) is 1.92. The summed E-state index contributed by atoms with van der Waals surface area (Å²) in [5.74, 6) is -1.17. The third-order valence-electron chi connectivity index (χ3n) is 2.83. The number of hydrogen-bond donors (Lipinski definition) is 0. The van der Waals surface area contributed by atoms with E-state index in [0.29, 0.717) is 5.69 Å². The number of para-hydroxylation sites is 1. The van der Waals surface area contributed by atoms with Gasteiger partial charge in [-0.05, 0) is 37.2 Å². The molecule has 1 fully saturated rings. The molecule has 88 valence electrons. The molecule has 0 saturated carbocycles. The number of likely N-dealkylation sites (N-methyl/N-ethyl adjacent to an activating group) is 1. The molecule has 0 bridgehead atoms. The summed E-state index contributed by atoms with van der Waals surface area (Å²) in [5.41, 5.74) is 2.55. The van der Waals surface area contributed by atoms with Crippen molar-refractivity contribution in [3.05, 3.63) is 29.3 Å². The largest absolute Gasteiger partial charge is 0.323 e. The third-order valence-corrected chi connectivity index (χ3v) is 3.29. The molecule has 0 radical (unpaired) electrons. The van der Waals surface area contributed by atoms with Crippen LogP contribution >= 0.6 is 12.2 Å². The van der Waals surface area contributed by atoms with Crippen molar-refractivity contribution in [2.24, 2.45) is 0 Å². The van der Waals surface area contributed by atoms with Crippen molar-refractivity contribution in [3.63, 3.8) is 0 Å². The standard InChI is InChI=1S/C12H12N2O2S/c1-7-5-4-6-8(2)9(7)14-11(16)10(15)13(3)12(14)17/h4-6H,1-3H3. The number of carbonyl (C=O) groups is 2. The summed E-state index contributed by atoms with van der Waals surface area (Å²) >= 11 is 5.13. The molecule has 0 atom stereocenters. The first-order valence-electron chi connectivity index (χ1n) is 5.17. The van der Waals surface area contributed by atoms with Gasteiger partial charge in [0.1, 0.15) is 0 Å². The lowest BCUT2D eigenvalue weighted by Crippen LogP contribution is -2.32. The van der Waals surface area contributed by atoms with Gasteiger partial charge in [0.15, 0.2) is 5.11 Å². The van der Waals surface area contributed by atoms with E-state index in [1.165, 1.54) is 16.8 Å². The smallest absolute Gasteiger partial charge is 0.283 e. The van der Waals surface area contributed by atoms with E-state index in [1.54, 1.807) is 0 Å². The minimum absolute atomic E-state index is 0.234. The molecule has 1 heterocycles. The number of thiocarbonyl (C=S) groups is 1. The van der Waals surface area contributed by atoms with Crippen LogP contribution in [0.1, 0.15) is 11.1 Å². The first-order valence-corrected chi connectivity index (χ1v) is 5.58. The van der Waals surface area contributed by atoms with Crippen LogP contribution in [-0.4, -0.2) is 28.9 Å². The van der Waals surface area contributed by atoms with Crippen LogP contribution in [0, 0.1) is 13.8 Å². The number of carbonyl (C=O) groups excluding carboxylic acids is 2. The molecule has 0 unspecified atom stereocenters. The van der Waals surface area contributed by atoms with Gasteiger partial charge >= 0.3 is 11.8 Å². The lowest BCUT2D eigenvalue weighted by atomic mass is 10.1. The number of rotatable bonds is 1. The zero-order chi connectivity index (χ0) is 12.7. The summed E-state index contributed by atoms with van der Waals surface area (Å²) < 4.78 is 0. The van der Waals surface area contributed by atoms with Gasteiger partial charge in [0, 0.05) is 7.05 Å². The van der Waals surface area contributed by atoms with Gasteiger partial charge in [-0.25, -0.2) is 4.90 Å². The van der Waals surface area contributed by atoms with Crippen molar-refractivity contribution in [2.75, 3.05) is 11.9 Å². The van der Waals surface area contributed by atoms with Gasteiger partial charge in [0.05, 0.1) is 5.69 Å². The predicted molar refractivity (Wildman–Crippen MR) is 68.8 cm³/mol. The first kappa shape index (κ1) is 11.7. The number of benzene rings is 1. The van der Waals surface area contributed by atoms with Gasteiger partial charge in [-0.3, -0.25) is 14.5 Å². The Bertz CT molecular complexity index is 519. The topological polar surface area (TPSA) is 40.6 Å². The van der Waals surface area contributed by atoms with Gasteiger partial charge in [-0.1, -0.05) is 18.2 Å². The molecule has 4 nitrogen and oxygen atoms in total. The fourth-order valence-corrected chi connectivity index (χ4v) is 2.18. The van der Waals surface area contributed by atoms with Gasteiger partial charge in [0.25, 0.3) is 0 Å². The summed E-state index contributed by atoms with van der Waals surface area (Å²) in [7, 11) is 1.51. The van der Waals surface area contributed by atoms with E-state index < -0.39 is 11.8 Å². The maximum atomic E-state index is 11.9. The quantitative estimate of drug-likeness (QED) is 0.557. The molecule has 5 heteroatoms. The molecule has 1 aliphatic rings. The molecule has 0 aromatic heterocycles. The maximum absolute atomic E-state index is 11.9. The highest BCUT2D eigenvalue weighted by molar-refractivity contribution is 7.80. The second kappa shape index (κ2) is 3.92. The lowest BCUT2D eigenvalue weighted by molar-refractivity contribution is -0.138. The van der Waals surface area contributed by atoms with E-state index in [1.807, 2.05) is 32.0 Å². The predicted octanol–water partition coefficient (Wildman–Crippen LogP) is 1.39. The van der Waals surface area contributed by atoms with Gasteiger partial charge in [-0.15, -0.1) is 0 Å². The average molecular weight is 248 g/mol. The summed E-state index contributed by atoms with van der Waals surface area (Å²) in [4.78, 5) is 26.0. The highest BCUT2D eigenvalue weighted by atomic mass is 32.1. The SMILES string of the molecule is Cc1cccc(C)c1N1C(=O)C(=O)N(C)C1=S. The van der Waals surface area contributed by atoms with Crippen LogP contribution in [-0.2, 0) is 9.59 Å². The van der Waals surface area contributed by atoms with Gasteiger partial charge in [-0.2, -0.15) is 0 Å². The number of aryl methyl sites for hydroxylation is 2. The van der Waals surface area contributed by atoms with Crippen molar-refractivity contribution < 1.29 is 9.59 Å². The molecule has 1 aliphatic heterocycles. The summed E-state index contributed by atoms with van der Waals surface area (Å²) in [6.45, 7) is 3.78. The van der Waals surface area contributed by atoms with Crippen LogP contribution < -0.4 is 4.90 Å². The zero-order valence-corrected chi connectivity index (χ0v) is 10.7. The van der Waals surface area contributed by atoms with Crippen molar-refractivity contribution in [1.82, 2.24) is 4.90 Å². The molecule has 1 saturated heterocycles. The second-order valence-electron chi connectivity index (χ2n) is 4.03. The molecule has 2 rings (SSSR count). The lowest BCUT2D eigenvalue weighted by Gasteiger charge is -2.20. The first-order chi connectivity index (χ1) is 7.95. The summed E-state index contributed by atoms with van der Waals surface area (Å²) in [6, 6.07) is 5.69. The van der Waals surface area contributed by atoms with Crippen molar-refractivity contribution in [2.45, 2.75) is 13.8 Å². The van der Waals surface area contributed by atoms with E-state index in [-0.39, 0.29) is 5.11 Å². The van der Waals surface area contributed by atoms with E-state index in [2.05, 4.69) is 0 Å². The van der Waals surface area contributed by atoms with Crippen molar-refractivity contribution >= 4 is 34.8 Å². The Morgan fingerprint density at radius 2 is 1.59 bits per heavy atom. The molecule has 0 aliphatic carbocycles. The minimum atomic E-state index is -0.588. The number of amides is 2. The summed E-state index contributed by atoms with van der Waals surface area (Å²) in [6.07, 6.45) is 0. The molecule has 2 amide bonds. The molecular formula is C12H12N2O2S. The average Bonchev–Trinajstić information content (AvgIpc) is 2.46. The molecule has 0 N–H and O–H groups in total. The summed E-state index contributed by atoms with van der Waals surface area (Å²) in [5, 5.41) is 0.234. The fraction of sp³-hybridized carbons (Fsp3) is 0.250. The number of anilines is 1. The number of hydrogen-bond acceptors (Lipinski definition) is 3. The van der Waals surface area contributed by atoms with Crippen molar-refractivity contribution in [1.29, 1.82) is 0 Å². The van der Waals surface area contributed by atoms with Gasteiger partial charge < -0.3 is 0 Å². The van der Waals surface area contributed by atoms with E-state index in [0.717, 1.165) is 11.1 Å².